The van der Waals surface area contributed by atoms with E-state index in [1.807, 2.05) is 6.92 Å². The third-order valence-corrected chi connectivity index (χ3v) is 20.9. The smallest absolute Gasteiger partial charge is 0.338 e. The molecule has 0 aromatic heterocycles. The lowest BCUT2D eigenvalue weighted by atomic mass is 9.43. The molecule has 6 aliphatic carbocycles. The molecule has 0 unspecified atom stereocenters. The van der Waals surface area contributed by atoms with Crippen molar-refractivity contribution in [3.63, 3.8) is 0 Å². The summed E-state index contributed by atoms with van der Waals surface area (Å²) in [7, 11) is 0. The third-order valence-electron chi connectivity index (χ3n) is 20.9. The van der Waals surface area contributed by atoms with Crippen molar-refractivity contribution < 1.29 is 102 Å². The largest absolute Gasteiger partial charge is 0.455 e. The van der Waals surface area contributed by atoms with Gasteiger partial charge < -0.3 is 63.4 Å². The highest BCUT2D eigenvalue weighted by molar-refractivity contribution is 5.97. The van der Waals surface area contributed by atoms with Gasteiger partial charge >= 0.3 is 35.8 Å². The highest BCUT2D eigenvalue weighted by atomic mass is 16.6. The third kappa shape index (κ3) is 9.11. The summed E-state index contributed by atoms with van der Waals surface area (Å²) < 4.78 is 47.5. The molecule has 456 valence electrons. The van der Waals surface area contributed by atoms with Crippen molar-refractivity contribution in [3.05, 3.63) is 94.1 Å². The maximum absolute atomic E-state index is 15.0. The number of carbonyl (C=O) groups is 8. The van der Waals surface area contributed by atoms with Crippen LogP contribution in [0.2, 0.25) is 0 Å². The van der Waals surface area contributed by atoms with Gasteiger partial charge in [0.2, 0.25) is 0 Å². The Morgan fingerprint density at radius 3 is 1.23 bits per heavy atom. The second-order valence-electron chi connectivity index (χ2n) is 25.9. The summed E-state index contributed by atoms with van der Waals surface area (Å²) in [6, 6.07) is 16.3. The van der Waals surface area contributed by atoms with E-state index in [9.17, 15) is 63.9 Å². The molecular weight excluding hydrogens is 1090 g/mol. The van der Waals surface area contributed by atoms with Crippen molar-refractivity contribution in [2.75, 3.05) is 13.2 Å². The molecule has 21 nitrogen and oxygen atoms in total. The molecule has 0 radical (unpaired) electrons. The van der Waals surface area contributed by atoms with Crippen LogP contribution < -0.4 is 0 Å². The highest BCUT2D eigenvalue weighted by Crippen LogP contribution is 2.67. The average Bonchev–Trinajstić information content (AvgIpc) is 0.734. The number of fused-ring (bicyclic) bond motifs is 10. The fourth-order valence-corrected chi connectivity index (χ4v) is 16.1. The van der Waals surface area contributed by atoms with Gasteiger partial charge in [-0.2, -0.15) is 0 Å². The lowest BCUT2D eigenvalue weighted by Crippen LogP contribution is -2.81. The van der Waals surface area contributed by atoms with Crippen LogP contribution in [0.15, 0.2) is 83.0 Å². The highest BCUT2D eigenvalue weighted by Gasteiger charge is 2.80. The van der Waals surface area contributed by atoms with Gasteiger partial charge in [0.05, 0.1) is 59.9 Å². The molecule has 5 N–H and O–H groups in total. The van der Waals surface area contributed by atoms with Gasteiger partial charge in [-0.15, -0.1) is 0 Å². The summed E-state index contributed by atoms with van der Waals surface area (Å²) in [5, 5.41) is 60.1. The zero-order valence-corrected chi connectivity index (χ0v) is 49.7. The normalized spacial score (nSPS) is 40.4. The summed E-state index contributed by atoms with van der Waals surface area (Å²) in [5.74, 6) is -8.51. The number of hydrogen-bond donors (Lipinski definition) is 5. The van der Waals surface area contributed by atoms with E-state index in [2.05, 4.69) is 0 Å². The molecule has 84 heavy (non-hydrogen) atoms. The van der Waals surface area contributed by atoms with Crippen LogP contribution in [0, 0.1) is 39.4 Å². The molecular formula is C63H78O21. The minimum atomic E-state index is -2.11. The number of ether oxygens (including phenoxy) is 8. The predicted molar refractivity (Wildman–Crippen MR) is 293 cm³/mol. The van der Waals surface area contributed by atoms with Crippen LogP contribution in [0.5, 0.6) is 0 Å². The first kappa shape index (κ1) is 62.3. The molecule has 10 rings (SSSR count). The van der Waals surface area contributed by atoms with Crippen molar-refractivity contribution >= 4 is 47.4 Å². The number of carbonyl (C=O) groups excluding carboxylic acids is 8. The molecule has 2 aromatic rings. The zero-order chi connectivity index (χ0) is 62.0. The molecule has 8 aliphatic rings. The van der Waals surface area contributed by atoms with Crippen molar-refractivity contribution in [2.24, 2.45) is 39.4 Å². The van der Waals surface area contributed by atoms with Crippen molar-refractivity contribution in [1.29, 1.82) is 0 Å². The number of Topliss-reactive ketones (excluding diaryl/α,β-unsaturated/α-hetero) is 2. The summed E-state index contributed by atoms with van der Waals surface area (Å²) in [4.78, 5) is 107. The Balaban J connectivity index is 0.000000202. The zero-order valence-electron chi connectivity index (χ0n) is 49.7. The lowest BCUT2D eigenvalue weighted by Gasteiger charge is -2.68. The Morgan fingerprint density at radius 2 is 0.881 bits per heavy atom. The number of ketones is 2. The molecule has 0 spiro atoms. The first-order valence-corrected chi connectivity index (χ1v) is 28.5. The average molecular weight is 1170 g/mol. The van der Waals surface area contributed by atoms with E-state index in [1.54, 1.807) is 97.0 Å². The first-order valence-electron chi connectivity index (χ1n) is 28.5. The minimum Gasteiger partial charge on any atom is -0.455 e. The Bertz CT molecular complexity index is 2910. The topological polar surface area (TPSA) is 312 Å². The van der Waals surface area contributed by atoms with E-state index < -0.39 is 164 Å². The fraction of sp³-hybridized carbons (Fsp3) is 0.619. The van der Waals surface area contributed by atoms with E-state index in [4.69, 9.17) is 37.9 Å². The standard InChI is InChI=1S/C32H40O10.C31H38O11/c1-16-13-22-31(15-39-22,42-19(4)34)25-27(41-28(37)20-11-9-8-10-12-20)32(38)14-21(35)17(2)23(29(32,5)6)24(40-18(3)33)26(36)30(16,25)7;1-15-19(34)13-31(38)26(41-27(37)18-10-8-7-9-11-18)24-29(6,20(35)12-21-30(24,14-39-21)42-17(3)33)25(36)23(40-16(2)32)22(15)28(31,4)5/h8-12,16,21-22,24-25,27,35,38H,13-15H2,1-7H3;7-11,19-21,23-24,26,34-35,38H,12-14H2,1-6H3/t16-,21-,22+,24+,25-,27-,30+,31-,32+;19-,20-,21+,23+,24-,26-,29+,30-,31+/m00/s1. The van der Waals surface area contributed by atoms with Crippen molar-refractivity contribution in [1.82, 2.24) is 0 Å². The van der Waals surface area contributed by atoms with E-state index in [-0.39, 0.29) is 54.7 Å². The molecule has 2 heterocycles. The summed E-state index contributed by atoms with van der Waals surface area (Å²) in [5.41, 5.74) is -11.7. The number of benzene rings is 2. The maximum atomic E-state index is 15.0. The van der Waals surface area contributed by atoms with Crippen LogP contribution in [0.4, 0.5) is 0 Å². The molecule has 2 aromatic carbocycles. The molecule has 0 amide bonds. The molecule has 2 saturated heterocycles. The Kier molecular flexibility index (Phi) is 15.8. The van der Waals surface area contributed by atoms with Gasteiger partial charge in [-0.3, -0.25) is 28.8 Å². The van der Waals surface area contributed by atoms with Gasteiger partial charge in [0.1, 0.15) is 35.6 Å². The molecule has 2 aliphatic heterocycles. The summed E-state index contributed by atoms with van der Waals surface area (Å²) >= 11 is 0. The van der Waals surface area contributed by atoms with Crippen LogP contribution >= 0.6 is 0 Å². The van der Waals surface area contributed by atoms with Crippen LogP contribution in [-0.2, 0) is 66.7 Å². The maximum Gasteiger partial charge on any atom is 0.338 e. The van der Waals surface area contributed by atoms with E-state index in [1.165, 1.54) is 39.8 Å². The van der Waals surface area contributed by atoms with Crippen LogP contribution in [0.3, 0.4) is 0 Å². The first-order chi connectivity index (χ1) is 39.0. The van der Waals surface area contributed by atoms with Crippen LogP contribution in [0.25, 0.3) is 0 Å². The second-order valence-corrected chi connectivity index (χ2v) is 25.9. The minimum absolute atomic E-state index is 0.0874. The van der Waals surface area contributed by atoms with E-state index in [0.717, 1.165) is 6.92 Å². The van der Waals surface area contributed by atoms with Crippen molar-refractivity contribution in [3.8, 4) is 0 Å². The second kappa shape index (κ2) is 21.3. The van der Waals surface area contributed by atoms with Gasteiger partial charge in [-0.25, -0.2) is 9.59 Å². The monoisotopic (exact) mass is 1170 g/mol. The van der Waals surface area contributed by atoms with Gasteiger partial charge in [0.25, 0.3) is 0 Å². The number of aliphatic hydroxyl groups is 5. The van der Waals surface area contributed by atoms with Gasteiger partial charge in [-0.1, -0.05) is 77.9 Å². The Labute approximate surface area is 487 Å². The molecule has 21 heteroatoms. The Hall–Kier alpha value is -6.20. The Morgan fingerprint density at radius 1 is 0.524 bits per heavy atom. The number of aliphatic hydroxyl groups excluding tert-OH is 3. The molecule has 6 fully saturated rings. The molecule has 4 saturated carbocycles. The predicted octanol–water partition coefficient (Wildman–Crippen LogP) is 4.58. The number of hydrogen-bond acceptors (Lipinski definition) is 21. The number of esters is 6. The van der Waals surface area contributed by atoms with Gasteiger partial charge in [-0.05, 0) is 79.7 Å². The number of rotatable bonds is 8. The molecule has 4 bridgehead atoms. The van der Waals surface area contributed by atoms with Gasteiger partial charge in [0, 0.05) is 63.2 Å². The SMILES string of the molecule is CC(=O)O[C@H]1C(=O)[C@@]2(C)[C@H]([C@H](OC(=O)c3ccccc3)[C@]3(O)C[C@H](O)C(C)=C1C3(C)C)[C@]1(OC(C)=O)CO[C@@H]1C[C@@H]2C.CC(=O)O[C@H]1C(=O)[C@@]2(C)[C@H]([C@H](OC(=O)c3ccccc3)[C@]3(O)C[C@H](O)C(C)=C1C3(C)C)[C@]1(OC(C)=O)CO[C@@H]1C[C@@H]2O. The van der Waals surface area contributed by atoms with E-state index >= 15 is 0 Å². The van der Waals surface area contributed by atoms with E-state index in [0.29, 0.717) is 17.6 Å². The lowest BCUT2D eigenvalue weighted by molar-refractivity contribution is -0.345. The van der Waals surface area contributed by atoms with Crippen LogP contribution in [0.1, 0.15) is 136 Å². The van der Waals surface area contributed by atoms with Crippen LogP contribution in [-0.4, -0.2) is 163 Å². The van der Waals surface area contributed by atoms with Gasteiger partial charge in [0.15, 0.2) is 35.0 Å². The fourth-order valence-electron chi connectivity index (χ4n) is 16.1. The summed E-state index contributed by atoms with van der Waals surface area (Å²) in [6.07, 6.45) is -11.9. The summed E-state index contributed by atoms with van der Waals surface area (Å²) in [6.45, 7) is 19.4. The quantitative estimate of drug-likeness (QED) is 0.137. The van der Waals surface area contributed by atoms with Crippen molar-refractivity contribution in [2.45, 2.75) is 193 Å². The molecule has 18 atom stereocenters.